The topological polar surface area (TPSA) is 67.8 Å². The van der Waals surface area contributed by atoms with E-state index in [1.165, 1.54) is 12.4 Å². The standard InChI is InChI=1S/C16H24N4O3/c1-19(2)10-14-3-5-16(23-14)11-20(7-8-22-12-16)15(21)13-4-6-17-18-9-13/h4,6,9,14H,3,5,7-8,10-12H2,1-2H3/t14-,16-/m1/s1. The summed E-state index contributed by atoms with van der Waals surface area (Å²) in [5.41, 5.74) is 0.174. The summed E-state index contributed by atoms with van der Waals surface area (Å²) in [5.74, 6) is -0.0376. The number of hydrogen-bond acceptors (Lipinski definition) is 6. The van der Waals surface area contributed by atoms with Crippen LogP contribution in [0.3, 0.4) is 0 Å². The molecule has 0 unspecified atom stereocenters. The highest BCUT2D eigenvalue weighted by Gasteiger charge is 2.44. The van der Waals surface area contributed by atoms with Crippen molar-refractivity contribution in [3.63, 3.8) is 0 Å². The summed E-state index contributed by atoms with van der Waals surface area (Å²) in [6, 6.07) is 1.69. The maximum atomic E-state index is 12.7. The molecule has 2 saturated heterocycles. The zero-order valence-corrected chi connectivity index (χ0v) is 13.8. The van der Waals surface area contributed by atoms with Crippen LogP contribution in [0.25, 0.3) is 0 Å². The van der Waals surface area contributed by atoms with Crippen LogP contribution < -0.4 is 0 Å². The molecule has 1 aromatic heterocycles. The molecule has 1 aromatic rings. The van der Waals surface area contributed by atoms with E-state index in [4.69, 9.17) is 9.47 Å². The van der Waals surface area contributed by atoms with E-state index in [0.717, 1.165) is 19.4 Å². The number of amides is 1. The van der Waals surface area contributed by atoms with Gasteiger partial charge in [-0.2, -0.15) is 10.2 Å². The highest BCUT2D eigenvalue weighted by molar-refractivity contribution is 5.93. The van der Waals surface area contributed by atoms with Gasteiger partial charge in [-0.25, -0.2) is 0 Å². The molecule has 1 amide bonds. The molecule has 3 rings (SSSR count). The molecular weight excluding hydrogens is 296 g/mol. The van der Waals surface area contributed by atoms with Crippen LogP contribution in [0, 0.1) is 0 Å². The van der Waals surface area contributed by atoms with Crippen molar-refractivity contribution in [1.82, 2.24) is 20.0 Å². The van der Waals surface area contributed by atoms with Gasteiger partial charge in [-0.1, -0.05) is 0 Å². The fraction of sp³-hybridized carbons (Fsp3) is 0.688. The average molecular weight is 320 g/mol. The number of rotatable bonds is 3. The van der Waals surface area contributed by atoms with Crippen molar-refractivity contribution in [2.45, 2.75) is 24.5 Å². The SMILES string of the molecule is CN(C)C[C@H]1CC[C@@]2(COCCN(C(=O)c3ccnnc3)C2)O1. The lowest BCUT2D eigenvalue weighted by Gasteiger charge is -2.32. The lowest BCUT2D eigenvalue weighted by molar-refractivity contribution is -0.0878. The van der Waals surface area contributed by atoms with Gasteiger partial charge in [0.15, 0.2) is 0 Å². The van der Waals surface area contributed by atoms with Crippen molar-refractivity contribution in [1.29, 1.82) is 0 Å². The molecule has 0 saturated carbocycles. The van der Waals surface area contributed by atoms with E-state index in [2.05, 4.69) is 15.1 Å². The molecule has 2 aliphatic rings. The number of ether oxygens (including phenoxy) is 2. The Morgan fingerprint density at radius 2 is 2.35 bits per heavy atom. The largest absolute Gasteiger partial charge is 0.377 e. The second kappa shape index (κ2) is 6.90. The Labute approximate surface area is 136 Å². The zero-order valence-electron chi connectivity index (χ0n) is 13.8. The molecule has 2 aliphatic heterocycles. The predicted octanol–water partition coefficient (Wildman–Crippen LogP) is 0.428. The molecule has 0 bridgehead atoms. The Bertz CT molecular complexity index is 539. The monoisotopic (exact) mass is 320 g/mol. The van der Waals surface area contributed by atoms with Gasteiger partial charge in [0.1, 0.15) is 5.60 Å². The fourth-order valence-corrected chi connectivity index (χ4v) is 3.33. The molecule has 0 N–H and O–H groups in total. The third-order valence-corrected chi connectivity index (χ3v) is 4.38. The first-order valence-electron chi connectivity index (χ1n) is 8.04. The Morgan fingerprint density at radius 3 is 3.09 bits per heavy atom. The second-order valence-electron chi connectivity index (χ2n) is 6.63. The van der Waals surface area contributed by atoms with Crippen molar-refractivity contribution in [3.05, 3.63) is 24.0 Å². The van der Waals surface area contributed by atoms with Crippen molar-refractivity contribution < 1.29 is 14.3 Å². The summed E-state index contributed by atoms with van der Waals surface area (Å²) < 4.78 is 12.0. The van der Waals surface area contributed by atoms with E-state index >= 15 is 0 Å². The third-order valence-electron chi connectivity index (χ3n) is 4.38. The molecule has 0 radical (unpaired) electrons. The van der Waals surface area contributed by atoms with E-state index in [1.807, 2.05) is 19.0 Å². The Hall–Kier alpha value is -1.57. The fourth-order valence-electron chi connectivity index (χ4n) is 3.33. The quantitative estimate of drug-likeness (QED) is 0.804. The molecule has 0 aliphatic carbocycles. The van der Waals surface area contributed by atoms with Crippen molar-refractivity contribution >= 4 is 5.91 Å². The number of aromatic nitrogens is 2. The van der Waals surface area contributed by atoms with Gasteiger partial charge in [-0.15, -0.1) is 0 Å². The first-order valence-corrected chi connectivity index (χ1v) is 8.04. The van der Waals surface area contributed by atoms with Crippen LogP contribution in [0.2, 0.25) is 0 Å². The van der Waals surface area contributed by atoms with Gasteiger partial charge < -0.3 is 19.3 Å². The number of carbonyl (C=O) groups is 1. The Morgan fingerprint density at radius 1 is 1.48 bits per heavy atom. The van der Waals surface area contributed by atoms with Crippen LogP contribution in [-0.2, 0) is 9.47 Å². The van der Waals surface area contributed by atoms with Crippen LogP contribution in [0.4, 0.5) is 0 Å². The average Bonchev–Trinajstić information content (AvgIpc) is 2.79. The number of nitrogens with zero attached hydrogens (tertiary/aromatic N) is 4. The Balaban J connectivity index is 1.70. The first-order chi connectivity index (χ1) is 11.1. The summed E-state index contributed by atoms with van der Waals surface area (Å²) in [5, 5.41) is 7.52. The molecule has 7 heteroatoms. The van der Waals surface area contributed by atoms with Crippen molar-refractivity contribution in [2.75, 3.05) is 46.9 Å². The molecule has 2 fully saturated rings. The van der Waals surface area contributed by atoms with Crippen LogP contribution in [0.5, 0.6) is 0 Å². The number of carbonyl (C=O) groups excluding carboxylic acids is 1. The van der Waals surface area contributed by atoms with Gasteiger partial charge in [0.2, 0.25) is 0 Å². The van der Waals surface area contributed by atoms with Crippen LogP contribution in [-0.4, -0.2) is 84.6 Å². The van der Waals surface area contributed by atoms with Crippen LogP contribution in [0.1, 0.15) is 23.2 Å². The smallest absolute Gasteiger partial charge is 0.255 e. The van der Waals surface area contributed by atoms with E-state index in [1.54, 1.807) is 6.07 Å². The van der Waals surface area contributed by atoms with Crippen molar-refractivity contribution in [2.24, 2.45) is 0 Å². The summed E-state index contributed by atoms with van der Waals surface area (Å²) in [6.45, 7) is 3.12. The summed E-state index contributed by atoms with van der Waals surface area (Å²) in [7, 11) is 4.09. The molecule has 126 valence electrons. The summed E-state index contributed by atoms with van der Waals surface area (Å²) in [4.78, 5) is 16.6. The molecule has 7 nitrogen and oxygen atoms in total. The second-order valence-corrected chi connectivity index (χ2v) is 6.63. The van der Waals surface area contributed by atoms with Gasteiger partial charge in [0, 0.05) is 13.1 Å². The molecule has 23 heavy (non-hydrogen) atoms. The maximum Gasteiger partial charge on any atom is 0.255 e. The minimum atomic E-state index is -0.382. The molecule has 0 aromatic carbocycles. The third kappa shape index (κ3) is 3.85. The maximum absolute atomic E-state index is 12.7. The summed E-state index contributed by atoms with van der Waals surface area (Å²) in [6.07, 6.45) is 5.16. The van der Waals surface area contributed by atoms with Crippen molar-refractivity contribution in [3.8, 4) is 0 Å². The Kier molecular flexibility index (Phi) is 4.89. The minimum Gasteiger partial charge on any atom is -0.377 e. The van der Waals surface area contributed by atoms with Gasteiger partial charge in [0.05, 0.1) is 43.8 Å². The highest BCUT2D eigenvalue weighted by Crippen LogP contribution is 2.33. The van der Waals surface area contributed by atoms with Gasteiger partial charge in [0.25, 0.3) is 5.91 Å². The number of hydrogen-bond donors (Lipinski definition) is 0. The van der Waals surface area contributed by atoms with Gasteiger partial charge in [-0.05, 0) is 33.0 Å². The van der Waals surface area contributed by atoms with Gasteiger partial charge in [-0.3, -0.25) is 4.79 Å². The lowest BCUT2D eigenvalue weighted by atomic mass is 9.99. The number of likely N-dealkylation sites (N-methyl/N-ethyl adjacent to an activating group) is 1. The first kappa shape index (κ1) is 16.3. The predicted molar refractivity (Wildman–Crippen MR) is 84.1 cm³/mol. The lowest BCUT2D eigenvalue weighted by Crippen LogP contribution is -2.47. The van der Waals surface area contributed by atoms with Gasteiger partial charge >= 0.3 is 0 Å². The summed E-state index contributed by atoms with van der Waals surface area (Å²) >= 11 is 0. The molecule has 2 atom stereocenters. The molecule has 3 heterocycles. The van der Waals surface area contributed by atoms with E-state index in [-0.39, 0.29) is 17.6 Å². The molecular formula is C16H24N4O3. The van der Waals surface area contributed by atoms with Crippen LogP contribution in [0.15, 0.2) is 18.5 Å². The van der Waals surface area contributed by atoms with E-state index in [9.17, 15) is 4.79 Å². The van der Waals surface area contributed by atoms with E-state index < -0.39 is 0 Å². The zero-order chi connectivity index (χ0) is 16.3. The normalized spacial score (nSPS) is 28.3. The molecule has 1 spiro atoms. The minimum absolute atomic E-state index is 0.0376. The highest BCUT2D eigenvalue weighted by atomic mass is 16.6. The van der Waals surface area contributed by atoms with Crippen LogP contribution >= 0.6 is 0 Å². The van der Waals surface area contributed by atoms with E-state index in [0.29, 0.717) is 31.9 Å².